The fraction of sp³-hybridized carbons (Fsp3) is 0.118. The molecule has 0 aliphatic heterocycles. The second-order valence-corrected chi connectivity index (χ2v) is 9.63. The van der Waals surface area contributed by atoms with Crippen LogP contribution in [0.5, 0.6) is 0 Å². The summed E-state index contributed by atoms with van der Waals surface area (Å²) < 4.78 is 9.02. The summed E-state index contributed by atoms with van der Waals surface area (Å²) in [4.78, 5) is 3.83. The van der Waals surface area contributed by atoms with Gasteiger partial charge in [-0.25, -0.2) is 4.85 Å². The first-order valence-corrected chi connectivity index (χ1v) is 12.5. The molecule has 3 nitrogen and oxygen atoms in total. The monoisotopic (exact) mass is 479 g/mol. The smallest absolute Gasteiger partial charge is 0.217 e. The van der Waals surface area contributed by atoms with Gasteiger partial charge in [0.25, 0.3) is 0 Å². The van der Waals surface area contributed by atoms with Crippen LogP contribution in [0.3, 0.4) is 0 Å². The number of furan rings is 1. The molecule has 0 fully saturated rings. The molecular formula is C34H27N2O+. The molecule has 0 aliphatic rings. The standard InChI is InChI=1S/C34H27N2O/c1-21-16-17-26-27-18-19-29(35-4)32(25-14-10-7-11-15-25)34(27)37-33(26)31(21)30-20-28(22(2)23(3)36(30)5)24-12-8-6-9-13-24/h6-20H,1-3,5H3/q+1. The Labute approximate surface area is 217 Å². The molecule has 37 heavy (non-hydrogen) atoms. The highest BCUT2D eigenvalue weighted by atomic mass is 16.3. The summed E-state index contributed by atoms with van der Waals surface area (Å²) in [7, 11) is 2.12. The largest absolute Gasteiger partial charge is 0.456 e. The zero-order valence-corrected chi connectivity index (χ0v) is 21.5. The molecule has 6 aromatic rings. The molecule has 0 bridgehead atoms. The van der Waals surface area contributed by atoms with Crippen LogP contribution in [0.4, 0.5) is 5.69 Å². The van der Waals surface area contributed by atoms with Crippen LogP contribution < -0.4 is 4.57 Å². The van der Waals surface area contributed by atoms with Crippen molar-refractivity contribution in [1.82, 2.24) is 0 Å². The number of hydrogen-bond acceptors (Lipinski definition) is 1. The Hall–Kier alpha value is -4.68. The van der Waals surface area contributed by atoms with Crippen LogP contribution in [0.2, 0.25) is 0 Å². The number of benzene rings is 4. The maximum Gasteiger partial charge on any atom is 0.217 e. The van der Waals surface area contributed by atoms with Gasteiger partial charge in [-0.3, -0.25) is 0 Å². The van der Waals surface area contributed by atoms with Gasteiger partial charge in [-0.1, -0.05) is 84.9 Å². The van der Waals surface area contributed by atoms with Crippen molar-refractivity contribution in [2.24, 2.45) is 7.05 Å². The van der Waals surface area contributed by atoms with E-state index in [2.05, 4.69) is 85.8 Å². The van der Waals surface area contributed by atoms with Crippen LogP contribution >= 0.6 is 0 Å². The van der Waals surface area contributed by atoms with Gasteiger partial charge in [0.15, 0.2) is 11.4 Å². The normalized spacial score (nSPS) is 11.2. The van der Waals surface area contributed by atoms with Gasteiger partial charge in [0.2, 0.25) is 5.69 Å². The third-order valence-electron chi connectivity index (χ3n) is 7.61. The zero-order valence-electron chi connectivity index (χ0n) is 21.5. The first-order valence-electron chi connectivity index (χ1n) is 12.5. The average Bonchev–Trinajstić information content (AvgIpc) is 3.31. The van der Waals surface area contributed by atoms with Crippen LogP contribution in [0.25, 0.3) is 60.3 Å². The van der Waals surface area contributed by atoms with Gasteiger partial charge in [0, 0.05) is 34.9 Å². The van der Waals surface area contributed by atoms with Crippen molar-refractivity contribution in [3.63, 3.8) is 0 Å². The molecule has 2 heterocycles. The Bertz CT molecular complexity index is 1860. The molecule has 0 N–H and O–H groups in total. The lowest BCUT2D eigenvalue weighted by atomic mass is 9.94. The molecule has 0 aliphatic carbocycles. The van der Waals surface area contributed by atoms with Crippen LogP contribution in [0, 0.1) is 27.3 Å². The zero-order chi connectivity index (χ0) is 25.7. The van der Waals surface area contributed by atoms with Gasteiger partial charge in [0.1, 0.15) is 18.2 Å². The minimum atomic E-state index is 0.596. The summed E-state index contributed by atoms with van der Waals surface area (Å²) in [6, 6.07) is 31.2. The number of aromatic nitrogens is 1. The summed E-state index contributed by atoms with van der Waals surface area (Å²) in [5.74, 6) is 0. The molecule has 0 spiro atoms. The van der Waals surface area contributed by atoms with Crippen LogP contribution in [-0.4, -0.2) is 0 Å². The van der Waals surface area contributed by atoms with E-state index in [0.29, 0.717) is 5.69 Å². The van der Waals surface area contributed by atoms with Gasteiger partial charge in [-0.15, -0.1) is 0 Å². The highest BCUT2D eigenvalue weighted by Crippen LogP contribution is 2.44. The fourth-order valence-corrected chi connectivity index (χ4v) is 5.41. The van der Waals surface area contributed by atoms with E-state index in [4.69, 9.17) is 11.0 Å². The van der Waals surface area contributed by atoms with Crippen LogP contribution in [-0.2, 0) is 7.05 Å². The van der Waals surface area contributed by atoms with E-state index in [1.165, 1.54) is 22.4 Å². The van der Waals surface area contributed by atoms with E-state index in [1.54, 1.807) is 0 Å². The number of rotatable bonds is 3. The molecule has 178 valence electrons. The molecule has 0 amide bonds. The molecule has 3 heteroatoms. The number of hydrogen-bond donors (Lipinski definition) is 0. The second-order valence-electron chi connectivity index (χ2n) is 9.63. The minimum Gasteiger partial charge on any atom is -0.456 e. The predicted molar refractivity (Wildman–Crippen MR) is 152 cm³/mol. The number of pyridine rings is 1. The molecule has 0 saturated heterocycles. The molecular weight excluding hydrogens is 452 g/mol. The quantitative estimate of drug-likeness (QED) is 0.183. The van der Waals surface area contributed by atoms with Gasteiger partial charge in [-0.05, 0) is 36.1 Å². The van der Waals surface area contributed by atoms with Gasteiger partial charge in [0.05, 0.1) is 12.1 Å². The molecule has 4 aromatic carbocycles. The number of aryl methyl sites for hydroxylation is 1. The van der Waals surface area contributed by atoms with E-state index in [0.717, 1.165) is 49.9 Å². The Kier molecular flexibility index (Phi) is 5.39. The Morgan fingerprint density at radius 1 is 0.703 bits per heavy atom. The summed E-state index contributed by atoms with van der Waals surface area (Å²) in [5.41, 5.74) is 12.3. The average molecular weight is 480 g/mol. The molecule has 0 unspecified atom stereocenters. The van der Waals surface area contributed by atoms with Crippen molar-refractivity contribution in [2.75, 3.05) is 0 Å². The van der Waals surface area contributed by atoms with Crippen molar-refractivity contribution < 1.29 is 8.98 Å². The van der Waals surface area contributed by atoms with Crippen molar-refractivity contribution in [2.45, 2.75) is 20.8 Å². The lowest BCUT2D eigenvalue weighted by Crippen LogP contribution is -2.36. The first kappa shape index (κ1) is 22.8. The van der Waals surface area contributed by atoms with E-state index in [-0.39, 0.29) is 0 Å². The van der Waals surface area contributed by atoms with E-state index in [1.807, 2.05) is 42.5 Å². The van der Waals surface area contributed by atoms with Crippen LogP contribution in [0.15, 0.2) is 95.4 Å². The number of fused-ring (bicyclic) bond motifs is 3. The molecule has 0 radical (unpaired) electrons. The SMILES string of the molecule is [C-]#[N+]c1ccc2c(oc3c(-c4cc(-c5ccccc5)c(C)c(C)[n+]4C)c(C)ccc32)c1-c1ccccc1. The topological polar surface area (TPSA) is 21.4 Å². The summed E-state index contributed by atoms with van der Waals surface area (Å²) in [6.45, 7) is 14.3. The number of nitrogens with zero attached hydrogens (tertiary/aromatic N) is 2. The summed E-state index contributed by atoms with van der Waals surface area (Å²) in [5, 5.41) is 2.08. The molecule has 0 saturated carbocycles. The maximum absolute atomic E-state index is 7.81. The second kappa shape index (κ2) is 8.76. The van der Waals surface area contributed by atoms with Gasteiger partial charge < -0.3 is 4.42 Å². The molecule has 0 atom stereocenters. The van der Waals surface area contributed by atoms with Crippen molar-refractivity contribution in [3.8, 4) is 33.5 Å². The Morgan fingerprint density at radius 2 is 1.30 bits per heavy atom. The van der Waals surface area contributed by atoms with Crippen molar-refractivity contribution in [3.05, 3.63) is 119 Å². The Morgan fingerprint density at radius 3 is 1.95 bits per heavy atom. The Balaban J connectivity index is 1.71. The fourth-order valence-electron chi connectivity index (χ4n) is 5.41. The maximum atomic E-state index is 7.81. The van der Waals surface area contributed by atoms with E-state index >= 15 is 0 Å². The van der Waals surface area contributed by atoms with Gasteiger partial charge >= 0.3 is 0 Å². The predicted octanol–water partition coefficient (Wildman–Crippen LogP) is 8.89. The minimum absolute atomic E-state index is 0.596. The van der Waals surface area contributed by atoms with Crippen molar-refractivity contribution in [1.29, 1.82) is 0 Å². The highest BCUT2D eigenvalue weighted by Gasteiger charge is 2.26. The van der Waals surface area contributed by atoms with E-state index < -0.39 is 0 Å². The molecule has 6 rings (SSSR count). The van der Waals surface area contributed by atoms with E-state index in [9.17, 15) is 0 Å². The summed E-state index contributed by atoms with van der Waals surface area (Å²) in [6.07, 6.45) is 0. The van der Waals surface area contributed by atoms with Crippen LogP contribution in [0.1, 0.15) is 16.8 Å². The van der Waals surface area contributed by atoms with Crippen molar-refractivity contribution >= 4 is 27.6 Å². The third-order valence-corrected chi connectivity index (χ3v) is 7.61. The summed E-state index contributed by atoms with van der Waals surface area (Å²) >= 11 is 0. The first-order chi connectivity index (χ1) is 18.0. The lowest BCUT2D eigenvalue weighted by Gasteiger charge is -2.13. The third kappa shape index (κ3) is 3.53. The lowest BCUT2D eigenvalue weighted by molar-refractivity contribution is -0.666. The highest BCUT2D eigenvalue weighted by molar-refractivity contribution is 6.15. The molecule has 2 aromatic heterocycles. The van der Waals surface area contributed by atoms with Gasteiger partial charge in [-0.2, -0.15) is 4.57 Å².